The molecule has 1 aromatic rings. The minimum absolute atomic E-state index is 0.0849. The van der Waals surface area contributed by atoms with E-state index in [4.69, 9.17) is 11.0 Å². The first kappa shape index (κ1) is 9.03. The second-order valence-corrected chi connectivity index (χ2v) is 3.94. The van der Waals surface area contributed by atoms with E-state index in [9.17, 15) is 4.79 Å². The molecule has 0 aromatic carbocycles. The Morgan fingerprint density at radius 2 is 2.42 bits per heavy atom. The Labute approximate surface area is 77.0 Å². The van der Waals surface area contributed by atoms with Gasteiger partial charge >= 0.3 is 0 Å². The number of hydrogen-bond donors (Lipinski definition) is 1. The highest BCUT2D eigenvalue weighted by molar-refractivity contribution is 8.00. The first-order chi connectivity index (χ1) is 5.69. The summed E-state index contributed by atoms with van der Waals surface area (Å²) in [4.78, 5) is 14.5. The third kappa shape index (κ3) is 1.57. The van der Waals surface area contributed by atoms with Gasteiger partial charge in [-0.25, -0.2) is 0 Å². The molecule has 0 saturated heterocycles. The highest BCUT2D eigenvalue weighted by Gasteiger charge is 2.08. The number of hydrogen-bond acceptors (Lipinski definition) is 6. The zero-order valence-corrected chi connectivity index (χ0v) is 7.83. The van der Waals surface area contributed by atoms with Crippen molar-refractivity contribution in [1.29, 1.82) is 5.26 Å². The van der Waals surface area contributed by atoms with Crippen molar-refractivity contribution in [2.75, 3.05) is 12.0 Å². The summed E-state index contributed by atoms with van der Waals surface area (Å²) >= 11 is 2.47. The molecule has 4 nitrogen and oxygen atoms in total. The quantitative estimate of drug-likeness (QED) is 0.673. The van der Waals surface area contributed by atoms with Crippen LogP contribution in [0.4, 0.5) is 5.13 Å². The van der Waals surface area contributed by atoms with Gasteiger partial charge in [0, 0.05) is 0 Å². The molecule has 0 bridgehead atoms. The van der Waals surface area contributed by atoms with E-state index in [1.807, 2.05) is 0 Å². The van der Waals surface area contributed by atoms with Crippen LogP contribution >= 0.6 is 23.1 Å². The molecule has 0 aliphatic heterocycles. The monoisotopic (exact) mass is 199 g/mol. The van der Waals surface area contributed by atoms with Gasteiger partial charge in [-0.15, -0.1) is 11.8 Å². The topological polar surface area (TPSA) is 79.8 Å². The lowest BCUT2D eigenvalue weighted by atomic mass is 10.4. The maximum Gasteiger partial charge on any atom is 0.292 e. The van der Waals surface area contributed by atoms with Crippen LogP contribution in [0.2, 0.25) is 0 Å². The summed E-state index contributed by atoms with van der Waals surface area (Å²) in [7, 11) is 0. The summed E-state index contributed by atoms with van der Waals surface area (Å²) in [6.45, 7) is 0. The van der Waals surface area contributed by atoms with Gasteiger partial charge in [0.2, 0.25) is 0 Å². The fourth-order valence-electron chi connectivity index (χ4n) is 0.649. The number of nitrogens with two attached hydrogens (primary N) is 1. The van der Waals surface area contributed by atoms with Crippen LogP contribution in [-0.2, 0) is 0 Å². The Morgan fingerprint density at radius 3 is 2.92 bits per heavy atom. The summed E-state index contributed by atoms with van der Waals surface area (Å²) in [5.74, 6) is 0. The third-order valence-electron chi connectivity index (χ3n) is 1.12. The number of anilines is 1. The Kier molecular flexibility index (Phi) is 2.68. The highest BCUT2D eigenvalue weighted by atomic mass is 32.2. The van der Waals surface area contributed by atoms with E-state index in [2.05, 4.69) is 4.98 Å². The largest absolute Gasteiger partial charge is 0.375 e. The van der Waals surface area contributed by atoms with Crippen LogP contribution in [0.25, 0.3) is 0 Å². The van der Waals surface area contributed by atoms with Crippen molar-refractivity contribution < 1.29 is 0 Å². The van der Waals surface area contributed by atoms with Crippen LogP contribution in [0.1, 0.15) is 5.56 Å². The van der Waals surface area contributed by atoms with Crippen LogP contribution in [-0.4, -0.2) is 11.2 Å². The van der Waals surface area contributed by atoms with Gasteiger partial charge in [-0.05, 0) is 6.26 Å². The molecule has 1 aromatic heterocycles. The molecule has 0 unspecified atom stereocenters. The van der Waals surface area contributed by atoms with Crippen molar-refractivity contribution in [3.8, 4) is 6.07 Å². The van der Waals surface area contributed by atoms with Gasteiger partial charge in [-0.2, -0.15) is 10.2 Å². The van der Waals surface area contributed by atoms with E-state index in [0.717, 1.165) is 11.3 Å². The Morgan fingerprint density at radius 1 is 1.75 bits per heavy atom. The Bertz CT molecular complexity index is 393. The van der Waals surface area contributed by atoms with Crippen LogP contribution in [0.3, 0.4) is 0 Å². The second-order valence-electron chi connectivity index (χ2n) is 1.84. The normalized spacial score (nSPS) is 9.33. The number of nitriles is 1. The second kappa shape index (κ2) is 3.56. The highest BCUT2D eigenvalue weighted by Crippen LogP contribution is 2.24. The van der Waals surface area contributed by atoms with E-state index in [-0.39, 0.29) is 10.7 Å². The summed E-state index contributed by atoms with van der Waals surface area (Å²) in [5.41, 5.74) is 4.88. The third-order valence-corrected chi connectivity index (χ3v) is 3.14. The molecule has 6 heteroatoms. The molecular formula is C6H5N3OS2. The smallest absolute Gasteiger partial charge is 0.292 e. The lowest BCUT2D eigenvalue weighted by Gasteiger charge is -1.96. The molecule has 2 N–H and O–H groups in total. The number of aromatic nitrogens is 1. The SMILES string of the molecule is CSc1sc(N)nc(=O)c1C#N. The van der Waals surface area contributed by atoms with Crippen molar-refractivity contribution in [3.05, 3.63) is 15.9 Å². The molecule has 0 saturated carbocycles. The van der Waals surface area contributed by atoms with Gasteiger partial charge in [0.1, 0.15) is 11.6 Å². The van der Waals surface area contributed by atoms with Crippen molar-refractivity contribution in [2.24, 2.45) is 0 Å². The van der Waals surface area contributed by atoms with Crippen molar-refractivity contribution in [2.45, 2.75) is 4.21 Å². The summed E-state index contributed by atoms with van der Waals surface area (Å²) in [6.07, 6.45) is 1.78. The van der Waals surface area contributed by atoms with Crippen molar-refractivity contribution in [1.82, 2.24) is 4.98 Å². The molecule has 0 amide bonds. The number of nitrogens with zero attached hydrogens (tertiary/aromatic N) is 2. The fraction of sp³-hybridized carbons (Fsp3) is 0.167. The molecule has 0 aliphatic carbocycles. The Balaban J connectivity index is 3.47. The van der Waals surface area contributed by atoms with Gasteiger partial charge in [0.05, 0.1) is 4.21 Å². The molecule has 1 rings (SSSR count). The maximum absolute atomic E-state index is 11.0. The van der Waals surface area contributed by atoms with Gasteiger partial charge in [-0.3, -0.25) is 4.79 Å². The molecule has 0 aliphatic rings. The Hall–Kier alpha value is -1.06. The van der Waals surface area contributed by atoms with Gasteiger partial charge < -0.3 is 5.73 Å². The summed E-state index contributed by atoms with van der Waals surface area (Å²) in [6, 6.07) is 1.80. The van der Waals surface area contributed by atoms with E-state index in [1.165, 1.54) is 11.8 Å². The minimum atomic E-state index is -0.543. The van der Waals surface area contributed by atoms with Gasteiger partial charge in [0.25, 0.3) is 5.56 Å². The molecule has 62 valence electrons. The van der Waals surface area contributed by atoms with Gasteiger partial charge in [-0.1, -0.05) is 11.3 Å². The van der Waals surface area contributed by atoms with Crippen LogP contribution in [0, 0.1) is 11.3 Å². The first-order valence-electron chi connectivity index (χ1n) is 2.93. The number of nitrogen functional groups attached to an aromatic ring is 1. The van der Waals surface area contributed by atoms with E-state index < -0.39 is 5.56 Å². The first-order valence-corrected chi connectivity index (χ1v) is 4.98. The maximum atomic E-state index is 11.0. The zero-order chi connectivity index (χ0) is 9.14. The molecule has 12 heavy (non-hydrogen) atoms. The molecule has 0 fully saturated rings. The standard InChI is InChI=1S/C6H5N3OS2/c1-11-5-3(2-7)4(10)9-6(8)12-5/h1H3,(H2,8,9,10). The molecule has 0 spiro atoms. The molecule has 1 heterocycles. The molecular weight excluding hydrogens is 194 g/mol. The molecule has 0 radical (unpaired) electrons. The number of rotatable bonds is 1. The fourth-order valence-corrected chi connectivity index (χ4v) is 2.13. The minimum Gasteiger partial charge on any atom is -0.375 e. The van der Waals surface area contributed by atoms with Crippen molar-refractivity contribution >= 4 is 28.2 Å². The zero-order valence-electron chi connectivity index (χ0n) is 6.20. The van der Waals surface area contributed by atoms with Gasteiger partial charge in [0.15, 0.2) is 5.13 Å². The average Bonchev–Trinajstić information content (AvgIpc) is 2.03. The van der Waals surface area contributed by atoms with E-state index >= 15 is 0 Å². The van der Waals surface area contributed by atoms with Crippen LogP contribution in [0.5, 0.6) is 0 Å². The van der Waals surface area contributed by atoms with E-state index in [1.54, 1.807) is 12.3 Å². The summed E-state index contributed by atoms with van der Waals surface area (Å²) in [5, 5.41) is 8.78. The lowest BCUT2D eigenvalue weighted by molar-refractivity contribution is 1.23. The van der Waals surface area contributed by atoms with Crippen LogP contribution < -0.4 is 11.3 Å². The van der Waals surface area contributed by atoms with Crippen LogP contribution in [0.15, 0.2) is 9.00 Å². The average molecular weight is 199 g/mol. The van der Waals surface area contributed by atoms with E-state index in [0.29, 0.717) is 4.21 Å². The molecule has 0 atom stereocenters. The predicted octanol–water partition coefficient (Wildman–Crippen LogP) is 0.679. The van der Waals surface area contributed by atoms with Crippen molar-refractivity contribution in [3.63, 3.8) is 0 Å². The number of thioether (sulfide) groups is 1. The predicted molar refractivity (Wildman–Crippen MR) is 49.3 cm³/mol. The lowest BCUT2D eigenvalue weighted by Crippen LogP contribution is -2.11. The summed E-state index contributed by atoms with van der Waals surface area (Å²) < 4.78 is 0.620.